The summed E-state index contributed by atoms with van der Waals surface area (Å²) >= 11 is 0. The van der Waals surface area contributed by atoms with Crippen LogP contribution in [0.15, 0.2) is 5.11 Å². The van der Waals surface area contributed by atoms with Crippen LogP contribution < -0.4 is 0 Å². The molecule has 0 fully saturated rings. The van der Waals surface area contributed by atoms with E-state index in [2.05, 4.69) is 10.0 Å². The van der Waals surface area contributed by atoms with E-state index in [1.54, 1.807) is 4.90 Å². The van der Waals surface area contributed by atoms with Gasteiger partial charge in [-0.25, -0.2) is 0 Å². The fourth-order valence-corrected chi connectivity index (χ4v) is 0.824. The van der Waals surface area contributed by atoms with E-state index in [0.717, 1.165) is 0 Å². The average Bonchev–Trinajstić information content (AvgIpc) is 2.13. The first-order valence-electron chi connectivity index (χ1n) is 3.82. The van der Waals surface area contributed by atoms with Crippen LogP contribution in [0, 0.1) is 22.7 Å². The molecule has 0 aliphatic rings. The van der Waals surface area contributed by atoms with Crippen LogP contribution in [0.5, 0.6) is 0 Å². The Bertz CT molecular complexity index is 237. The highest BCUT2D eigenvalue weighted by atomic mass is 15.1. The van der Waals surface area contributed by atoms with E-state index >= 15 is 0 Å². The molecular formula is C7H10N6. The minimum Gasteiger partial charge on any atom is -0.277 e. The first kappa shape index (κ1) is 11.2. The molecule has 0 bridgehead atoms. The van der Waals surface area contributed by atoms with Crippen molar-refractivity contribution in [3.05, 3.63) is 10.4 Å². The van der Waals surface area contributed by atoms with Gasteiger partial charge in [0.25, 0.3) is 0 Å². The maximum Gasteiger partial charge on any atom is 0.0874 e. The Kier molecular flexibility index (Phi) is 7.22. The van der Waals surface area contributed by atoms with Gasteiger partial charge in [-0.15, -0.1) is 0 Å². The highest BCUT2D eigenvalue weighted by Gasteiger charge is 2.01. The van der Waals surface area contributed by atoms with Gasteiger partial charge in [-0.1, -0.05) is 5.11 Å². The van der Waals surface area contributed by atoms with Crippen LogP contribution >= 0.6 is 0 Å². The highest BCUT2D eigenvalue weighted by molar-refractivity contribution is 4.83. The molecule has 0 rings (SSSR count). The molecule has 0 heterocycles. The summed E-state index contributed by atoms with van der Waals surface area (Å²) < 4.78 is 0. The third-order valence-electron chi connectivity index (χ3n) is 1.38. The molecule has 0 aromatic carbocycles. The molecule has 0 amide bonds. The third-order valence-corrected chi connectivity index (χ3v) is 1.38. The number of rotatable bonds is 6. The van der Waals surface area contributed by atoms with Crippen molar-refractivity contribution in [3.63, 3.8) is 0 Å². The van der Waals surface area contributed by atoms with Gasteiger partial charge in [-0.05, 0) is 12.0 Å². The van der Waals surface area contributed by atoms with Crippen molar-refractivity contribution in [2.75, 3.05) is 26.2 Å². The summed E-state index contributed by atoms with van der Waals surface area (Å²) in [5.74, 6) is 0. The van der Waals surface area contributed by atoms with Crippen molar-refractivity contribution >= 4 is 0 Å². The van der Waals surface area contributed by atoms with E-state index in [-0.39, 0.29) is 13.1 Å². The molecule has 0 aliphatic heterocycles. The van der Waals surface area contributed by atoms with Gasteiger partial charge in [-0.2, -0.15) is 10.5 Å². The normalized spacial score (nSPS) is 8.54. The fraction of sp³-hybridized carbons (Fsp3) is 0.714. The Labute approximate surface area is 76.6 Å². The van der Waals surface area contributed by atoms with Crippen molar-refractivity contribution in [2.24, 2.45) is 5.11 Å². The summed E-state index contributed by atoms with van der Waals surface area (Å²) in [7, 11) is 0. The second kappa shape index (κ2) is 8.35. The number of nitriles is 2. The summed E-state index contributed by atoms with van der Waals surface area (Å²) in [6.45, 7) is 1.50. The molecule has 0 aromatic heterocycles. The molecule has 0 aliphatic carbocycles. The predicted octanol–water partition coefficient (Wildman–Crippen LogP) is 1.04. The minimum absolute atomic E-state index is 0.240. The zero-order chi connectivity index (χ0) is 9.94. The van der Waals surface area contributed by atoms with Crippen LogP contribution in [0.3, 0.4) is 0 Å². The number of hydrogen-bond acceptors (Lipinski definition) is 4. The largest absolute Gasteiger partial charge is 0.277 e. The highest BCUT2D eigenvalue weighted by Crippen LogP contribution is 1.90. The molecule has 6 heteroatoms. The molecule has 0 saturated heterocycles. The van der Waals surface area contributed by atoms with Crippen LogP contribution in [-0.2, 0) is 0 Å². The lowest BCUT2D eigenvalue weighted by Crippen LogP contribution is -2.26. The summed E-state index contributed by atoms with van der Waals surface area (Å²) in [4.78, 5) is 4.30. The van der Waals surface area contributed by atoms with E-state index in [9.17, 15) is 0 Å². The van der Waals surface area contributed by atoms with Crippen molar-refractivity contribution < 1.29 is 0 Å². The molecule has 0 radical (unpaired) electrons. The van der Waals surface area contributed by atoms with Gasteiger partial charge < -0.3 is 0 Å². The second-order valence-corrected chi connectivity index (χ2v) is 2.33. The van der Waals surface area contributed by atoms with E-state index in [1.165, 1.54) is 0 Å². The Hall–Kier alpha value is -1.75. The molecule has 0 saturated carbocycles. The maximum atomic E-state index is 8.38. The minimum atomic E-state index is 0.240. The summed E-state index contributed by atoms with van der Waals surface area (Å²) in [5, 5.41) is 20.1. The standard InChI is InChI=1S/C7H10N6/c8-2-6-13(7-3-9)5-1-4-11-12-10/h1,4-7H2. The Balaban J connectivity index is 3.64. The van der Waals surface area contributed by atoms with E-state index in [1.807, 2.05) is 12.1 Å². The summed E-state index contributed by atoms with van der Waals surface area (Å²) in [6, 6.07) is 3.93. The van der Waals surface area contributed by atoms with Gasteiger partial charge in [0.2, 0.25) is 0 Å². The van der Waals surface area contributed by atoms with Crippen molar-refractivity contribution in [1.82, 2.24) is 4.90 Å². The third kappa shape index (κ3) is 6.64. The maximum absolute atomic E-state index is 8.38. The Morgan fingerprint density at radius 1 is 1.31 bits per heavy atom. The second-order valence-electron chi connectivity index (χ2n) is 2.33. The predicted molar refractivity (Wildman–Crippen MR) is 46.3 cm³/mol. The molecule has 0 atom stereocenters. The van der Waals surface area contributed by atoms with Gasteiger partial charge in [0, 0.05) is 18.0 Å². The molecule has 0 aromatic rings. The first-order valence-corrected chi connectivity index (χ1v) is 3.82. The van der Waals surface area contributed by atoms with Gasteiger partial charge >= 0.3 is 0 Å². The molecule has 0 spiro atoms. The van der Waals surface area contributed by atoms with Crippen LogP contribution in [0.25, 0.3) is 10.4 Å². The smallest absolute Gasteiger partial charge is 0.0874 e. The number of nitrogens with zero attached hydrogens (tertiary/aromatic N) is 6. The van der Waals surface area contributed by atoms with Crippen molar-refractivity contribution in [3.8, 4) is 12.1 Å². The SMILES string of the molecule is N#CCN(CC#N)CCCN=[N+]=[N-]. The number of azide groups is 1. The molecule has 6 nitrogen and oxygen atoms in total. The van der Waals surface area contributed by atoms with Gasteiger partial charge in [0.15, 0.2) is 0 Å². The van der Waals surface area contributed by atoms with Crippen LogP contribution in [0.2, 0.25) is 0 Å². The summed E-state index contributed by atoms with van der Waals surface area (Å²) in [5.41, 5.74) is 7.98. The van der Waals surface area contributed by atoms with E-state index in [0.29, 0.717) is 19.5 Å². The van der Waals surface area contributed by atoms with Gasteiger partial charge in [0.1, 0.15) is 0 Å². The lowest BCUT2D eigenvalue weighted by molar-refractivity contribution is 0.339. The zero-order valence-corrected chi connectivity index (χ0v) is 7.22. The Morgan fingerprint density at radius 3 is 2.38 bits per heavy atom. The van der Waals surface area contributed by atoms with E-state index < -0.39 is 0 Å². The first-order chi connectivity index (χ1) is 6.35. The fourth-order valence-electron chi connectivity index (χ4n) is 0.824. The van der Waals surface area contributed by atoms with Gasteiger partial charge in [0.05, 0.1) is 25.2 Å². The molecule has 0 N–H and O–H groups in total. The monoisotopic (exact) mass is 178 g/mol. The van der Waals surface area contributed by atoms with Crippen LogP contribution in [-0.4, -0.2) is 31.1 Å². The van der Waals surface area contributed by atoms with Crippen molar-refractivity contribution in [2.45, 2.75) is 6.42 Å². The van der Waals surface area contributed by atoms with Crippen LogP contribution in [0.1, 0.15) is 6.42 Å². The Morgan fingerprint density at radius 2 is 1.92 bits per heavy atom. The van der Waals surface area contributed by atoms with Gasteiger partial charge in [-0.3, -0.25) is 4.90 Å². The number of hydrogen-bond donors (Lipinski definition) is 0. The molecule has 68 valence electrons. The molecule has 13 heavy (non-hydrogen) atoms. The topological polar surface area (TPSA) is 99.6 Å². The lowest BCUT2D eigenvalue weighted by Gasteiger charge is -2.13. The molecule has 0 unspecified atom stereocenters. The van der Waals surface area contributed by atoms with E-state index in [4.69, 9.17) is 16.1 Å². The lowest BCUT2D eigenvalue weighted by atomic mass is 10.4. The van der Waals surface area contributed by atoms with Crippen molar-refractivity contribution in [1.29, 1.82) is 10.5 Å². The zero-order valence-electron chi connectivity index (χ0n) is 7.22. The molecular weight excluding hydrogens is 168 g/mol. The quantitative estimate of drug-likeness (QED) is 0.199. The summed E-state index contributed by atoms with van der Waals surface area (Å²) in [6.07, 6.45) is 0.674. The average molecular weight is 178 g/mol. The van der Waals surface area contributed by atoms with Crippen LogP contribution in [0.4, 0.5) is 0 Å².